The maximum absolute atomic E-state index is 14.0. The molecule has 21 heavy (non-hydrogen) atoms. The second kappa shape index (κ2) is 6.46. The molecule has 0 aromatic heterocycles. The van der Waals surface area contributed by atoms with Gasteiger partial charge in [0, 0.05) is 23.3 Å². The summed E-state index contributed by atoms with van der Waals surface area (Å²) in [6.07, 6.45) is -0.873. The number of halogens is 2. The zero-order valence-corrected chi connectivity index (χ0v) is 13.1. The normalized spacial score (nSPS) is 13.8. The minimum Gasteiger partial charge on any atom is -0.389 e. The quantitative estimate of drug-likeness (QED) is 0.882. The Bertz CT molecular complexity index is 630. The first-order chi connectivity index (χ1) is 9.93. The van der Waals surface area contributed by atoms with Gasteiger partial charge >= 0.3 is 0 Å². The smallest absolute Gasteiger partial charge is 0.131 e. The van der Waals surface area contributed by atoms with Crippen LogP contribution in [0.3, 0.4) is 0 Å². The van der Waals surface area contributed by atoms with E-state index in [0.717, 1.165) is 5.56 Å². The SMILES string of the molecule is CC(c1ccccc1Cl)N(C)c1cccc(F)c1[C@@H](C)O. The van der Waals surface area contributed by atoms with E-state index in [9.17, 15) is 9.50 Å². The van der Waals surface area contributed by atoms with Crippen molar-refractivity contribution in [3.05, 3.63) is 64.4 Å². The summed E-state index contributed by atoms with van der Waals surface area (Å²) >= 11 is 6.23. The van der Waals surface area contributed by atoms with Gasteiger partial charge in [0.2, 0.25) is 0 Å². The van der Waals surface area contributed by atoms with Gasteiger partial charge in [0.1, 0.15) is 5.82 Å². The number of nitrogens with zero attached hydrogens (tertiary/aromatic N) is 1. The molecule has 0 fully saturated rings. The minimum atomic E-state index is -0.873. The lowest BCUT2D eigenvalue weighted by molar-refractivity contribution is 0.194. The first-order valence-corrected chi connectivity index (χ1v) is 7.25. The maximum atomic E-state index is 14.0. The molecule has 2 atom stereocenters. The van der Waals surface area contributed by atoms with Gasteiger partial charge in [0.05, 0.1) is 12.1 Å². The third-order valence-electron chi connectivity index (χ3n) is 3.76. The predicted molar refractivity (Wildman–Crippen MR) is 85.3 cm³/mol. The molecule has 0 saturated heterocycles. The molecule has 112 valence electrons. The average Bonchev–Trinajstić information content (AvgIpc) is 2.45. The van der Waals surface area contributed by atoms with E-state index in [2.05, 4.69) is 0 Å². The lowest BCUT2D eigenvalue weighted by Gasteiger charge is -2.30. The number of aliphatic hydroxyl groups is 1. The highest BCUT2D eigenvalue weighted by Crippen LogP contribution is 2.34. The third kappa shape index (κ3) is 3.20. The van der Waals surface area contributed by atoms with Crippen molar-refractivity contribution in [2.75, 3.05) is 11.9 Å². The van der Waals surface area contributed by atoms with Crippen LogP contribution in [0, 0.1) is 5.82 Å². The Morgan fingerprint density at radius 2 is 1.76 bits per heavy atom. The van der Waals surface area contributed by atoms with E-state index in [1.54, 1.807) is 19.1 Å². The lowest BCUT2D eigenvalue weighted by Crippen LogP contribution is -2.24. The van der Waals surface area contributed by atoms with E-state index < -0.39 is 11.9 Å². The van der Waals surface area contributed by atoms with E-state index in [0.29, 0.717) is 16.3 Å². The third-order valence-corrected chi connectivity index (χ3v) is 4.11. The van der Waals surface area contributed by atoms with Crippen LogP contribution in [0.15, 0.2) is 42.5 Å². The second-order valence-electron chi connectivity index (χ2n) is 5.16. The van der Waals surface area contributed by atoms with Crippen LogP contribution < -0.4 is 4.90 Å². The van der Waals surface area contributed by atoms with E-state index in [1.165, 1.54) is 6.07 Å². The highest BCUT2D eigenvalue weighted by Gasteiger charge is 2.21. The van der Waals surface area contributed by atoms with Gasteiger partial charge in [0.15, 0.2) is 0 Å². The van der Waals surface area contributed by atoms with Crippen molar-refractivity contribution in [1.29, 1.82) is 0 Å². The summed E-state index contributed by atoms with van der Waals surface area (Å²) in [7, 11) is 1.87. The van der Waals surface area contributed by atoms with E-state index >= 15 is 0 Å². The highest BCUT2D eigenvalue weighted by molar-refractivity contribution is 6.31. The fourth-order valence-corrected chi connectivity index (χ4v) is 2.77. The van der Waals surface area contributed by atoms with Crippen LogP contribution in [-0.4, -0.2) is 12.2 Å². The van der Waals surface area contributed by atoms with Crippen LogP contribution in [-0.2, 0) is 0 Å². The molecule has 0 heterocycles. The molecule has 0 bridgehead atoms. The molecule has 0 saturated carbocycles. The molecule has 1 unspecified atom stereocenters. The maximum Gasteiger partial charge on any atom is 0.131 e. The van der Waals surface area contributed by atoms with Crippen LogP contribution >= 0.6 is 11.6 Å². The molecule has 2 rings (SSSR count). The van der Waals surface area contributed by atoms with Gasteiger partial charge in [0.25, 0.3) is 0 Å². The van der Waals surface area contributed by atoms with Crippen molar-refractivity contribution in [2.24, 2.45) is 0 Å². The monoisotopic (exact) mass is 307 g/mol. The van der Waals surface area contributed by atoms with Crippen molar-refractivity contribution >= 4 is 17.3 Å². The molecule has 0 aliphatic heterocycles. The summed E-state index contributed by atoms with van der Waals surface area (Å²) in [5.41, 5.74) is 1.93. The topological polar surface area (TPSA) is 23.5 Å². The molecule has 1 N–H and O–H groups in total. The number of hydrogen-bond donors (Lipinski definition) is 1. The minimum absolute atomic E-state index is 0.0435. The number of hydrogen-bond acceptors (Lipinski definition) is 2. The van der Waals surface area contributed by atoms with Gasteiger partial charge in [-0.3, -0.25) is 0 Å². The Morgan fingerprint density at radius 3 is 2.38 bits per heavy atom. The van der Waals surface area contributed by atoms with Crippen molar-refractivity contribution in [1.82, 2.24) is 0 Å². The molecule has 4 heteroatoms. The van der Waals surface area contributed by atoms with Crippen LogP contribution in [0.1, 0.15) is 37.1 Å². The molecule has 0 amide bonds. The molecule has 2 nitrogen and oxygen atoms in total. The van der Waals surface area contributed by atoms with Crippen molar-refractivity contribution in [3.8, 4) is 0 Å². The van der Waals surface area contributed by atoms with Gasteiger partial charge in [-0.1, -0.05) is 35.9 Å². The number of rotatable bonds is 4. The summed E-state index contributed by atoms with van der Waals surface area (Å²) in [6.45, 7) is 3.56. The van der Waals surface area contributed by atoms with Gasteiger partial charge < -0.3 is 10.0 Å². The summed E-state index contributed by atoms with van der Waals surface area (Å²) in [5.74, 6) is -0.402. The van der Waals surface area contributed by atoms with Crippen LogP contribution in [0.4, 0.5) is 10.1 Å². The largest absolute Gasteiger partial charge is 0.389 e. The molecule has 2 aromatic rings. The Hall–Kier alpha value is -1.58. The standard InChI is InChI=1S/C17H19ClFNO/c1-11(13-7-4-5-8-14(13)18)20(3)16-10-6-9-15(19)17(16)12(2)21/h4-12,21H,1-3H3/t11?,12-/m1/s1. The second-order valence-corrected chi connectivity index (χ2v) is 5.56. The van der Waals surface area contributed by atoms with Gasteiger partial charge in [-0.25, -0.2) is 4.39 Å². The lowest BCUT2D eigenvalue weighted by atomic mass is 10.0. The van der Waals surface area contributed by atoms with Crippen LogP contribution in [0.2, 0.25) is 5.02 Å². The number of anilines is 1. The Labute approximate surface area is 129 Å². The summed E-state index contributed by atoms with van der Waals surface area (Å²) in [4.78, 5) is 1.92. The van der Waals surface area contributed by atoms with Crippen molar-refractivity contribution < 1.29 is 9.50 Å². The zero-order chi connectivity index (χ0) is 15.6. The first kappa shape index (κ1) is 15.8. The van der Waals surface area contributed by atoms with Gasteiger partial charge in [-0.15, -0.1) is 0 Å². The molecular weight excluding hydrogens is 289 g/mol. The molecular formula is C17H19ClFNO. The van der Waals surface area contributed by atoms with Crippen LogP contribution in [0.25, 0.3) is 0 Å². The average molecular weight is 308 g/mol. The molecule has 0 spiro atoms. The molecule has 0 aliphatic carbocycles. The van der Waals surface area contributed by atoms with E-state index in [-0.39, 0.29) is 6.04 Å². The van der Waals surface area contributed by atoms with E-state index in [1.807, 2.05) is 43.1 Å². The summed E-state index contributed by atoms with van der Waals surface area (Å²) in [6, 6.07) is 12.4. The predicted octanol–water partition coefficient (Wildman–Crippen LogP) is 4.73. The first-order valence-electron chi connectivity index (χ1n) is 6.87. The molecule has 0 aliphatic rings. The molecule has 0 radical (unpaired) electrons. The van der Waals surface area contributed by atoms with Crippen LogP contribution in [0.5, 0.6) is 0 Å². The fraction of sp³-hybridized carbons (Fsp3) is 0.294. The summed E-state index contributed by atoms with van der Waals surface area (Å²) in [5, 5.41) is 10.5. The Kier molecular flexibility index (Phi) is 4.86. The van der Waals surface area contributed by atoms with Crippen molar-refractivity contribution in [3.63, 3.8) is 0 Å². The highest BCUT2D eigenvalue weighted by atomic mass is 35.5. The zero-order valence-electron chi connectivity index (χ0n) is 12.3. The number of benzene rings is 2. The van der Waals surface area contributed by atoms with Gasteiger partial charge in [-0.05, 0) is 37.6 Å². The Morgan fingerprint density at radius 1 is 1.10 bits per heavy atom. The molecule has 2 aromatic carbocycles. The van der Waals surface area contributed by atoms with Crippen molar-refractivity contribution in [2.45, 2.75) is 26.0 Å². The number of aliphatic hydroxyl groups excluding tert-OH is 1. The Balaban J connectivity index is 2.43. The fourth-order valence-electron chi connectivity index (χ4n) is 2.48. The van der Waals surface area contributed by atoms with Gasteiger partial charge in [-0.2, -0.15) is 0 Å². The van der Waals surface area contributed by atoms with E-state index in [4.69, 9.17) is 11.6 Å². The summed E-state index contributed by atoms with van der Waals surface area (Å²) < 4.78 is 14.0.